The van der Waals surface area contributed by atoms with Crippen LogP contribution in [0.2, 0.25) is 0 Å². The minimum absolute atomic E-state index is 0.0609. The molecule has 2 rings (SSSR count). The topological polar surface area (TPSA) is 69.6 Å². The number of aromatic hydroxyl groups is 1. The van der Waals surface area contributed by atoms with E-state index in [0.29, 0.717) is 12.8 Å². The molecular formula is C15H21NO3. The van der Waals surface area contributed by atoms with Gasteiger partial charge in [-0.1, -0.05) is 31.0 Å². The van der Waals surface area contributed by atoms with Crippen molar-refractivity contribution in [3.8, 4) is 5.75 Å². The van der Waals surface area contributed by atoms with E-state index in [-0.39, 0.29) is 17.7 Å². The van der Waals surface area contributed by atoms with E-state index in [0.717, 1.165) is 31.2 Å². The van der Waals surface area contributed by atoms with Crippen LogP contribution in [0.3, 0.4) is 0 Å². The Morgan fingerprint density at radius 2 is 2.00 bits per heavy atom. The zero-order valence-corrected chi connectivity index (χ0v) is 11.0. The van der Waals surface area contributed by atoms with Gasteiger partial charge in [0.2, 0.25) is 5.91 Å². The minimum atomic E-state index is -0.414. The average molecular weight is 263 g/mol. The van der Waals surface area contributed by atoms with E-state index in [4.69, 9.17) is 0 Å². The summed E-state index contributed by atoms with van der Waals surface area (Å²) in [6, 6.07) is 6.94. The molecule has 4 heteroatoms. The fourth-order valence-corrected chi connectivity index (χ4v) is 2.53. The monoisotopic (exact) mass is 263 g/mol. The molecule has 2 atom stereocenters. The van der Waals surface area contributed by atoms with Crippen LogP contribution in [0.15, 0.2) is 24.3 Å². The van der Waals surface area contributed by atoms with E-state index in [1.54, 1.807) is 12.1 Å². The second-order valence-corrected chi connectivity index (χ2v) is 5.15. The maximum Gasteiger partial charge on any atom is 0.220 e. The van der Waals surface area contributed by atoms with Gasteiger partial charge in [0.25, 0.3) is 0 Å². The van der Waals surface area contributed by atoms with Gasteiger partial charge in [0.1, 0.15) is 5.75 Å². The molecule has 4 nitrogen and oxygen atoms in total. The highest BCUT2D eigenvalue weighted by molar-refractivity contribution is 5.76. The van der Waals surface area contributed by atoms with E-state index < -0.39 is 6.10 Å². The van der Waals surface area contributed by atoms with Crippen LogP contribution >= 0.6 is 0 Å². The number of benzene rings is 1. The second-order valence-electron chi connectivity index (χ2n) is 5.15. The van der Waals surface area contributed by atoms with E-state index in [1.807, 2.05) is 12.1 Å². The molecule has 0 saturated heterocycles. The lowest BCUT2D eigenvalue weighted by molar-refractivity contribution is -0.123. The zero-order valence-electron chi connectivity index (χ0n) is 11.0. The van der Waals surface area contributed by atoms with E-state index in [2.05, 4.69) is 5.32 Å². The molecule has 1 aliphatic rings. The van der Waals surface area contributed by atoms with Gasteiger partial charge in [0.05, 0.1) is 12.1 Å². The Morgan fingerprint density at radius 1 is 1.26 bits per heavy atom. The van der Waals surface area contributed by atoms with Gasteiger partial charge in [-0.25, -0.2) is 0 Å². The zero-order chi connectivity index (χ0) is 13.7. The van der Waals surface area contributed by atoms with Gasteiger partial charge in [0.15, 0.2) is 0 Å². The summed E-state index contributed by atoms with van der Waals surface area (Å²) in [5, 5.41) is 22.3. The molecule has 104 valence electrons. The maximum atomic E-state index is 11.8. The number of aryl methyl sites for hydroxylation is 1. The quantitative estimate of drug-likeness (QED) is 0.775. The SMILES string of the molecule is O=C(CCc1ccccc1O)N[C@@H]1CCCC[C@H]1O. The molecule has 0 aliphatic heterocycles. The number of phenols is 1. The third-order valence-corrected chi connectivity index (χ3v) is 3.69. The number of aliphatic hydroxyl groups is 1. The van der Waals surface area contributed by atoms with Gasteiger partial charge in [-0.3, -0.25) is 4.79 Å². The van der Waals surface area contributed by atoms with Gasteiger partial charge in [-0.2, -0.15) is 0 Å². The molecule has 19 heavy (non-hydrogen) atoms. The van der Waals surface area contributed by atoms with Crippen LogP contribution in [0.4, 0.5) is 0 Å². The van der Waals surface area contributed by atoms with E-state index in [1.165, 1.54) is 0 Å². The molecule has 1 saturated carbocycles. The van der Waals surface area contributed by atoms with Gasteiger partial charge < -0.3 is 15.5 Å². The fourth-order valence-electron chi connectivity index (χ4n) is 2.53. The first kappa shape index (κ1) is 13.9. The average Bonchev–Trinajstić information content (AvgIpc) is 2.40. The van der Waals surface area contributed by atoms with Crippen molar-refractivity contribution in [1.82, 2.24) is 5.32 Å². The smallest absolute Gasteiger partial charge is 0.220 e. The predicted molar refractivity (Wildman–Crippen MR) is 72.8 cm³/mol. The van der Waals surface area contributed by atoms with Crippen molar-refractivity contribution in [2.45, 2.75) is 50.7 Å². The number of amides is 1. The molecule has 0 heterocycles. The summed E-state index contributed by atoms with van der Waals surface area (Å²) in [5.74, 6) is 0.169. The highest BCUT2D eigenvalue weighted by Gasteiger charge is 2.24. The number of carbonyl (C=O) groups excluding carboxylic acids is 1. The number of carbonyl (C=O) groups is 1. The third-order valence-electron chi connectivity index (χ3n) is 3.69. The Morgan fingerprint density at radius 3 is 2.74 bits per heavy atom. The summed E-state index contributed by atoms with van der Waals surface area (Å²) >= 11 is 0. The van der Waals surface area contributed by atoms with Crippen molar-refractivity contribution >= 4 is 5.91 Å². The summed E-state index contributed by atoms with van der Waals surface area (Å²) in [7, 11) is 0. The molecule has 3 N–H and O–H groups in total. The summed E-state index contributed by atoms with van der Waals surface area (Å²) in [4.78, 5) is 11.8. The number of para-hydroxylation sites is 1. The second kappa shape index (κ2) is 6.57. The molecule has 0 aromatic heterocycles. The number of hydrogen-bond acceptors (Lipinski definition) is 3. The Labute approximate surface area is 113 Å². The van der Waals surface area contributed by atoms with Gasteiger partial charge in [-0.05, 0) is 30.9 Å². The van der Waals surface area contributed by atoms with Crippen LogP contribution in [0.5, 0.6) is 5.75 Å². The van der Waals surface area contributed by atoms with Crippen LogP contribution < -0.4 is 5.32 Å². The Bertz CT molecular complexity index is 433. The molecule has 1 fully saturated rings. The number of aliphatic hydroxyl groups excluding tert-OH is 1. The van der Waals surface area contributed by atoms with Gasteiger partial charge in [0, 0.05) is 6.42 Å². The maximum absolute atomic E-state index is 11.8. The van der Waals surface area contributed by atoms with Crippen molar-refractivity contribution < 1.29 is 15.0 Å². The summed E-state index contributed by atoms with van der Waals surface area (Å²) < 4.78 is 0. The Kier molecular flexibility index (Phi) is 4.80. The standard InChI is InChI=1S/C15H21NO3/c17-13-7-3-1-5-11(13)9-10-15(19)16-12-6-2-4-8-14(12)18/h1,3,5,7,12,14,17-18H,2,4,6,8-10H2,(H,16,19)/t12-,14-/m1/s1. The Hall–Kier alpha value is -1.55. The lowest BCUT2D eigenvalue weighted by atomic mass is 9.92. The molecule has 0 spiro atoms. The van der Waals surface area contributed by atoms with Crippen LogP contribution in [0.25, 0.3) is 0 Å². The number of nitrogens with one attached hydrogen (secondary N) is 1. The van der Waals surface area contributed by atoms with Crippen LogP contribution in [-0.2, 0) is 11.2 Å². The first-order chi connectivity index (χ1) is 9.16. The highest BCUT2D eigenvalue weighted by Crippen LogP contribution is 2.19. The molecule has 0 bridgehead atoms. The summed E-state index contributed by atoms with van der Waals surface area (Å²) in [5.41, 5.74) is 0.779. The molecule has 1 amide bonds. The molecule has 0 unspecified atom stereocenters. The Balaban J connectivity index is 1.80. The van der Waals surface area contributed by atoms with Crippen LogP contribution in [-0.4, -0.2) is 28.3 Å². The van der Waals surface area contributed by atoms with Crippen molar-refractivity contribution in [3.05, 3.63) is 29.8 Å². The van der Waals surface area contributed by atoms with Gasteiger partial charge in [-0.15, -0.1) is 0 Å². The predicted octanol–water partition coefficient (Wildman–Crippen LogP) is 1.74. The molecular weight excluding hydrogens is 242 g/mol. The molecule has 0 radical (unpaired) electrons. The summed E-state index contributed by atoms with van der Waals surface area (Å²) in [6.45, 7) is 0. The fraction of sp³-hybridized carbons (Fsp3) is 0.533. The molecule has 1 aromatic rings. The number of phenolic OH excluding ortho intramolecular Hbond substituents is 1. The van der Waals surface area contributed by atoms with Crippen molar-refractivity contribution in [2.24, 2.45) is 0 Å². The van der Waals surface area contributed by atoms with E-state index in [9.17, 15) is 15.0 Å². The number of rotatable bonds is 4. The molecule has 1 aliphatic carbocycles. The first-order valence-electron chi connectivity index (χ1n) is 6.91. The highest BCUT2D eigenvalue weighted by atomic mass is 16.3. The third kappa shape index (κ3) is 3.96. The van der Waals surface area contributed by atoms with Gasteiger partial charge >= 0.3 is 0 Å². The van der Waals surface area contributed by atoms with Crippen molar-refractivity contribution in [2.75, 3.05) is 0 Å². The van der Waals surface area contributed by atoms with Crippen LogP contribution in [0, 0.1) is 0 Å². The summed E-state index contributed by atoms with van der Waals surface area (Å²) in [6.07, 6.45) is 4.14. The molecule has 1 aromatic carbocycles. The van der Waals surface area contributed by atoms with E-state index >= 15 is 0 Å². The lowest BCUT2D eigenvalue weighted by Gasteiger charge is -2.28. The van der Waals surface area contributed by atoms with Crippen molar-refractivity contribution in [3.63, 3.8) is 0 Å². The largest absolute Gasteiger partial charge is 0.508 e. The normalized spacial score (nSPS) is 23.0. The minimum Gasteiger partial charge on any atom is -0.508 e. The van der Waals surface area contributed by atoms with Crippen LogP contribution in [0.1, 0.15) is 37.7 Å². The van der Waals surface area contributed by atoms with Crippen molar-refractivity contribution in [1.29, 1.82) is 0 Å². The first-order valence-corrected chi connectivity index (χ1v) is 6.91. The lowest BCUT2D eigenvalue weighted by Crippen LogP contribution is -2.45. The number of hydrogen-bond donors (Lipinski definition) is 3.